The number of halogens is 1. The molecule has 1 aliphatic heterocycles. The second-order valence-corrected chi connectivity index (χ2v) is 11.1. The second-order valence-electron chi connectivity index (χ2n) is 10.7. The van der Waals surface area contributed by atoms with Gasteiger partial charge in [-0.3, -0.25) is 9.59 Å². The number of likely N-dealkylation sites (tertiary alicyclic amines) is 1. The summed E-state index contributed by atoms with van der Waals surface area (Å²) in [5.74, 6) is 1.59. The monoisotopic (exact) mass is 477 g/mol. The van der Waals surface area contributed by atoms with E-state index in [9.17, 15) is 14.9 Å². The maximum absolute atomic E-state index is 13.5. The van der Waals surface area contributed by atoms with E-state index < -0.39 is 6.04 Å². The van der Waals surface area contributed by atoms with Crippen molar-refractivity contribution in [1.29, 1.82) is 5.26 Å². The number of nitrogens with zero attached hydrogens (tertiary/aromatic N) is 3. The van der Waals surface area contributed by atoms with Crippen molar-refractivity contribution in [3.63, 3.8) is 0 Å². The largest absolute Gasteiger partial charge is 0.381 e. The first-order chi connectivity index (χ1) is 16.3. The predicted octanol–water partition coefficient (Wildman–Crippen LogP) is 3.35. The number of nitrogens with one attached hydrogen (secondary N) is 2. The van der Waals surface area contributed by atoms with Gasteiger partial charge in [0.2, 0.25) is 0 Å². The van der Waals surface area contributed by atoms with Crippen LogP contribution in [0.15, 0.2) is 35.3 Å². The molecule has 1 saturated heterocycles. The third-order valence-corrected chi connectivity index (χ3v) is 8.90. The first-order valence-electron chi connectivity index (χ1n) is 12.0. The van der Waals surface area contributed by atoms with Crippen molar-refractivity contribution in [2.45, 2.75) is 43.8 Å². The number of carbonyl (C=O) groups excluding carboxylic acids is 1. The van der Waals surface area contributed by atoms with Crippen molar-refractivity contribution in [3.05, 3.63) is 62.5 Å². The Bertz CT molecular complexity index is 1270. The van der Waals surface area contributed by atoms with E-state index in [1.54, 1.807) is 29.0 Å². The molecule has 0 radical (unpaired) electrons. The zero-order valence-corrected chi connectivity index (χ0v) is 20.1. The number of piperidine rings is 1. The van der Waals surface area contributed by atoms with E-state index in [1.807, 2.05) is 13.0 Å². The molecule has 5 aliphatic rings. The summed E-state index contributed by atoms with van der Waals surface area (Å²) < 4.78 is 1.79. The van der Waals surface area contributed by atoms with Crippen LogP contribution in [0.25, 0.3) is 0 Å². The van der Waals surface area contributed by atoms with Crippen LogP contribution in [0.1, 0.15) is 53.7 Å². The van der Waals surface area contributed by atoms with Gasteiger partial charge in [-0.25, -0.2) is 0 Å². The maximum Gasteiger partial charge on any atom is 0.255 e. The number of pyridine rings is 1. The minimum absolute atomic E-state index is 0.0436. The number of anilines is 1. The highest BCUT2D eigenvalue weighted by atomic mass is 35.5. The highest BCUT2D eigenvalue weighted by molar-refractivity contribution is 6.32. The third-order valence-electron chi connectivity index (χ3n) is 8.48. The molecular weight excluding hydrogens is 450 g/mol. The molecule has 1 aromatic heterocycles. The van der Waals surface area contributed by atoms with Gasteiger partial charge < -0.3 is 20.1 Å². The Morgan fingerprint density at radius 3 is 2.59 bits per heavy atom. The van der Waals surface area contributed by atoms with Gasteiger partial charge in [0.15, 0.2) is 0 Å². The second kappa shape index (κ2) is 7.59. The summed E-state index contributed by atoms with van der Waals surface area (Å²) in [5, 5.41) is 16.2. The molecule has 2 heterocycles. The number of hydrogen-bond acceptors (Lipinski definition) is 5. The van der Waals surface area contributed by atoms with Gasteiger partial charge in [0, 0.05) is 36.9 Å². The van der Waals surface area contributed by atoms with Crippen molar-refractivity contribution in [1.82, 2.24) is 14.8 Å². The summed E-state index contributed by atoms with van der Waals surface area (Å²) in [6.07, 6.45) is 4.83. The predicted molar refractivity (Wildman–Crippen MR) is 130 cm³/mol. The van der Waals surface area contributed by atoms with E-state index in [-0.39, 0.29) is 17.0 Å². The molecule has 8 heteroatoms. The van der Waals surface area contributed by atoms with Crippen molar-refractivity contribution >= 4 is 23.2 Å². The Hall–Kier alpha value is -2.82. The molecule has 2 unspecified atom stereocenters. The molecule has 4 saturated carbocycles. The number of fused-ring (bicyclic) bond motifs is 1. The summed E-state index contributed by atoms with van der Waals surface area (Å²) in [6.45, 7) is 3.93. The van der Waals surface area contributed by atoms with Gasteiger partial charge >= 0.3 is 0 Å². The highest BCUT2D eigenvalue weighted by Crippen LogP contribution is 2.61. The molecule has 4 aliphatic carbocycles. The lowest BCUT2D eigenvalue weighted by Crippen LogP contribution is -2.62. The molecule has 2 N–H and O–H groups in total. The molecule has 2 aromatic rings. The Morgan fingerprint density at radius 1 is 1.26 bits per heavy atom. The van der Waals surface area contributed by atoms with Gasteiger partial charge in [-0.05, 0) is 62.6 Å². The van der Waals surface area contributed by atoms with Crippen LogP contribution in [-0.4, -0.2) is 41.6 Å². The average Bonchev–Trinajstić information content (AvgIpc) is 3.18. The Balaban J connectivity index is 1.30. The summed E-state index contributed by atoms with van der Waals surface area (Å²) in [4.78, 5) is 28.9. The van der Waals surface area contributed by atoms with Crippen LogP contribution in [0.5, 0.6) is 0 Å². The van der Waals surface area contributed by atoms with E-state index in [4.69, 9.17) is 11.6 Å². The minimum Gasteiger partial charge on any atom is -0.381 e. The van der Waals surface area contributed by atoms with Gasteiger partial charge in [-0.15, -0.1) is 0 Å². The van der Waals surface area contributed by atoms with Crippen molar-refractivity contribution in [3.8, 4) is 6.07 Å². The summed E-state index contributed by atoms with van der Waals surface area (Å²) in [7, 11) is 2.13. The van der Waals surface area contributed by atoms with Crippen molar-refractivity contribution in [2.75, 3.05) is 25.5 Å². The van der Waals surface area contributed by atoms with Gasteiger partial charge in [-0.1, -0.05) is 23.7 Å². The highest BCUT2D eigenvalue weighted by Gasteiger charge is 2.58. The van der Waals surface area contributed by atoms with Crippen LogP contribution in [0.4, 0.5) is 5.69 Å². The quantitative estimate of drug-likeness (QED) is 0.666. The molecule has 7 nitrogen and oxygen atoms in total. The fourth-order valence-electron chi connectivity index (χ4n) is 6.39. The summed E-state index contributed by atoms with van der Waals surface area (Å²) in [6, 6.07) is 8.84. The van der Waals surface area contributed by atoms with Crippen molar-refractivity contribution < 1.29 is 4.79 Å². The van der Waals surface area contributed by atoms with Crippen LogP contribution in [-0.2, 0) is 5.54 Å². The lowest BCUT2D eigenvalue weighted by molar-refractivity contribution is -0.0914. The molecule has 1 aromatic carbocycles. The normalized spacial score (nSPS) is 31.5. The molecule has 0 spiro atoms. The average molecular weight is 478 g/mol. The van der Waals surface area contributed by atoms with Crippen LogP contribution < -0.4 is 16.2 Å². The number of amides is 1. The zero-order valence-electron chi connectivity index (χ0n) is 19.3. The fourth-order valence-corrected chi connectivity index (χ4v) is 6.72. The molecular formula is C26H28ClN5O2. The first kappa shape index (κ1) is 21.7. The molecule has 3 atom stereocenters. The van der Waals surface area contributed by atoms with E-state index in [1.165, 1.54) is 0 Å². The Labute approximate surface area is 203 Å². The van der Waals surface area contributed by atoms with Gasteiger partial charge in [0.1, 0.15) is 6.07 Å². The third kappa shape index (κ3) is 3.27. The minimum atomic E-state index is -0.398. The number of hydrogen-bond donors (Lipinski definition) is 2. The SMILES string of the molecule is C[C@@H](NC(=O)c1cn(C23CC(C2)C3)c(=O)cc1NC1C2CN(C)CC21)c1cccc(C#N)c1Cl. The lowest BCUT2D eigenvalue weighted by atomic mass is 9.49. The number of nitriles is 1. The van der Waals surface area contributed by atoms with E-state index in [2.05, 4.69) is 28.7 Å². The Kier molecular flexibility index (Phi) is 4.84. The van der Waals surface area contributed by atoms with Crippen LogP contribution in [0.2, 0.25) is 5.02 Å². The van der Waals surface area contributed by atoms with Gasteiger partial charge in [0.25, 0.3) is 11.5 Å². The number of carbonyl (C=O) groups is 1. The fraction of sp³-hybridized carbons (Fsp3) is 0.500. The first-order valence-corrected chi connectivity index (χ1v) is 12.4. The molecule has 34 heavy (non-hydrogen) atoms. The summed E-state index contributed by atoms with van der Waals surface area (Å²) >= 11 is 6.41. The van der Waals surface area contributed by atoms with Crippen molar-refractivity contribution in [2.24, 2.45) is 17.8 Å². The molecule has 1 amide bonds. The maximum atomic E-state index is 13.5. The zero-order chi connectivity index (χ0) is 23.8. The number of aromatic nitrogens is 1. The topological polar surface area (TPSA) is 90.2 Å². The molecule has 2 bridgehead atoms. The molecule has 176 valence electrons. The molecule has 7 rings (SSSR count). The summed E-state index contributed by atoms with van der Waals surface area (Å²) in [5.41, 5.74) is 2.02. The lowest BCUT2D eigenvalue weighted by Gasteiger charge is -2.62. The smallest absolute Gasteiger partial charge is 0.255 e. The van der Waals surface area contributed by atoms with Gasteiger partial charge in [0.05, 0.1) is 27.9 Å². The van der Waals surface area contributed by atoms with Crippen LogP contribution in [0.3, 0.4) is 0 Å². The molecule has 5 fully saturated rings. The van der Waals surface area contributed by atoms with E-state index in [0.717, 1.165) is 38.3 Å². The van der Waals surface area contributed by atoms with E-state index >= 15 is 0 Å². The Morgan fingerprint density at radius 2 is 1.97 bits per heavy atom. The number of rotatable bonds is 6. The number of benzene rings is 1. The van der Waals surface area contributed by atoms with E-state index in [0.29, 0.717) is 45.3 Å². The van der Waals surface area contributed by atoms with Gasteiger partial charge in [-0.2, -0.15) is 5.26 Å². The van der Waals surface area contributed by atoms with Crippen LogP contribution >= 0.6 is 11.6 Å². The standard InChI is InChI=1S/C26H28ClN5O2/c1-14(17-5-3-4-16(10-28)23(17)27)29-25(34)20-13-32(26-7-15(8-26)9-26)22(33)6-21(20)30-24-18-11-31(2)12-19(18)24/h3-6,13-15,18-19,24,30H,7-9,11-12H2,1-2H3,(H,29,34)/t14-,15?,18?,19?,24?,26?/m1/s1. The van der Waals surface area contributed by atoms with Crippen LogP contribution in [0, 0.1) is 29.1 Å².